The molecule has 120 valence electrons. The first-order valence-electron chi connectivity index (χ1n) is 6.89. The molecule has 0 saturated carbocycles. The van der Waals surface area contributed by atoms with Crippen LogP contribution < -0.4 is 10.2 Å². The second kappa shape index (κ2) is 6.62. The van der Waals surface area contributed by atoms with Crippen molar-refractivity contribution in [2.75, 3.05) is 4.90 Å². The summed E-state index contributed by atoms with van der Waals surface area (Å²) in [6.07, 6.45) is 1.49. The quantitative estimate of drug-likeness (QED) is 0.473. The highest BCUT2D eigenvalue weighted by molar-refractivity contribution is 9.10. The highest BCUT2D eigenvalue weighted by Gasteiger charge is 2.34. The molecule has 1 aliphatic rings. The van der Waals surface area contributed by atoms with Gasteiger partial charge in [-0.1, -0.05) is 34.1 Å². The summed E-state index contributed by atoms with van der Waals surface area (Å²) in [5, 5.41) is 2.44. The molecule has 0 bridgehead atoms. The molecule has 0 spiro atoms. The standard InChI is InChI=1S/C17H10BrFN2O2S/c18-14-4-2-1-3-10(14)9-13-15(22)20-17(24)21(16(13)23)12-7-5-11(19)6-8-12/h1-9H,(H,20,22,24). The van der Waals surface area contributed by atoms with Crippen LogP contribution >= 0.6 is 28.1 Å². The number of halogens is 2. The maximum atomic E-state index is 13.1. The van der Waals surface area contributed by atoms with Crippen molar-refractivity contribution in [3.05, 3.63) is 70.0 Å². The molecule has 1 aliphatic heterocycles. The van der Waals surface area contributed by atoms with E-state index in [0.29, 0.717) is 11.3 Å². The van der Waals surface area contributed by atoms with Crippen LogP contribution in [0.1, 0.15) is 5.56 Å². The molecule has 1 fully saturated rings. The summed E-state index contributed by atoms with van der Waals surface area (Å²) in [5.74, 6) is -1.56. The number of nitrogens with zero attached hydrogens (tertiary/aromatic N) is 1. The van der Waals surface area contributed by atoms with Crippen LogP contribution in [0.2, 0.25) is 0 Å². The number of benzene rings is 2. The molecule has 4 nitrogen and oxygen atoms in total. The Morgan fingerprint density at radius 3 is 2.42 bits per heavy atom. The Balaban J connectivity index is 2.03. The predicted octanol–water partition coefficient (Wildman–Crippen LogP) is 3.42. The number of amides is 2. The van der Waals surface area contributed by atoms with Crippen LogP contribution in [0.3, 0.4) is 0 Å². The van der Waals surface area contributed by atoms with Crippen molar-refractivity contribution in [2.24, 2.45) is 0 Å². The SMILES string of the molecule is O=C1NC(=S)N(c2ccc(F)cc2)C(=O)C1=Cc1ccccc1Br. The summed E-state index contributed by atoms with van der Waals surface area (Å²) in [7, 11) is 0. The van der Waals surface area contributed by atoms with E-state index in [1.165, 1.54) is 35.2 Å². The third kappa shape index (κ3) is 3.13. The molecule has 0 radical (unpaired) electrons. The molecule has 2 aromatic rings. The van der Waals surface area contributed by atoms with Crippen LogP contribution in [0.5, 0.6) is 0 Å². The van der Waals surface area contributed by atoms with Gasteiger partial charge in [-0.3, -0.25) is 19.8 Å². The smallest absolute Gasteiger partial charge is 0.270 e. The van der Waals surface area contributed by atoms with Gasteiger partial charge in [-0.15, -0.1) is 0 Å². The zero-order chi connectivity index (χ0) is 17.3. The van der Waals surface area contributed by atoms with Gasteiger partial charge >= 0.3 is 0 Å². The summed E-state index contributed by atoms with van der Waals surface area (Å²) in [6.45, 7) is 0. The van der Waals surface area contributed by atoms with Crippen molar-refractivity contribution in [1.82, 2.24) is 5.32 Å². The maximum Gasteiger partial charge on any atom is 0.270 e. The van der Waals surface area contributed by atoms with Gasteiger partial charge in [0.05, 0.1) is 5.69 Å². The van der Waals surface area contributed by atoms with E-state index in [9.17, 15) is 14.0 Å². The van der Waals surface area contributed by atoms with Gasteiger partial charge in [0.2, 0.25) is 0 Å². The Morgan fingerprint density at radius 2 is 1.75 bits per heavy atom. The fraction of sp³-hybridized carbons (Fsp3) is 0. The minimum atomic E-state index is -0.570. The van der Waals surface area contributed by atoms with Crippen molar-refractivity contribution in [3.63, 3.8) is 0 Å². The van der Waals surface area contributed by atoms with Crippen LogP contribution in [0.25, 0.3) is 6.08 Å². The van der Waals surface area contributed by atoms with E-state index in [4.69, 9.17) is 12.2 Å². The number of carbonyl (C=O) groups is 2. The minimum Gasteiger partial charge on any atom is -0.298 e. The highest BCUT2D eigenvalue weighted by atomic mass is 79.9. The number of hydrogen-bond acceptors (Lipinski definition) is 3. The normalized spacial score (nSPS) is 16.5. The molecule has 2 amide bonds. The number of nitrogens with one attached hydrogen (secondary N) is 1. The molecule has 3 rings (SSSR count). The zero-order valence-corrected chi connectivity index (χ0v) is 14.5. The Morgan fingerprint density at radius 1 is 1.08 bits per heavy atom. The summed E-state index contributed by atoms with van der Waals surface area (Å²) in [4.78, 5) is 26.1. The van der Waals surface area contributed by atoms with E-state index in [2.05, 4.69) is 21.2 Å². The van der Waals surface area contributed by atoms with E-state index < -0.39 is 17.6 Å². The lowest BCUT2D eigenvalue weighted by Gasteiger charge is -2.28. The molecule has 24 heavy (non-hydrogen) atoms. The Kier molecular flexibility index (Phi) is 4.55. The summed E-state index contributed by atoms with van der Waals surface area (Å²) in [5.41, 5.74) is 1.01. The van der Waals surface area contributed by atoms with Crippen LogP contribution in [-0.4, -0.2) is 16.9 Å². The third-order valence-corrected chi connectivity index (χ3v) is 4.40. The van der Waals surface area contributed by atoms with Gasteiger partial charge in [0, 0.05) is 4.47 Å². The monoisotopic (exact) mass is 404 g/mol. The van der Waals surface area contributed by atoms with Gasteiger partial charge in [-0.05, 0) is 54.2 Å². The minimum absolute atomic E-state index is 0.0408. The van der Waals surface area contributed by atoms with E-state index in [1.54, 1.807) is 18.2 Å². The van der Waals surface area contributed by atoms with Crippen molar-refractivity contribution >= 4 is 56.8 Å². The lowest BCUT2D eigenvalue weighted by Crippen LogP contribution is -2.54. The van der Waals surface area contributed by atoms with Gasteiger partial charge in [-0.25, -0.2) is 4.39 Å². The van der Waals surface area contributed by atoms with Crippen molar-refractivity contribution in [2.45, 2.75) is 0 Å². The molecule has 0 atom stereocenters. The summed E-state index contributed by atoms with van der Waals surface area (Å²) < 4.78 is 13.8. The molecule has 1 heterocycles. The molecular weight excluding hydrogens is 395 g/mol. The Labute approximate surface area is 151 Å². The largest absolute Gasteiger partial charge is 0.298 e. The molecule has 0 aromatic heterocycles. The van der Waals surface area contributed by atoms with Crippen molar-refractivity contribution in [1.29, 1.82) is 0 Å². The maximum absolute atomic E-state index is 13.1. The summed E-state index contributed by atoms with van der Waals surface area (Å²) in [6, 6.07) is 12.5. The fourth-order valence-electron chi connectivity index (χ4n) is 2.23. The average molecular weight is 405 g/mol. The Bertz CT molecular complexity index is 880. The lowest BCUT2D eigenvalue weighted by atomic mass is 10.1. The second-order valence-corrected chi connectivity index (χ2v) is 6.20. The van der Waals surface area contributed by atoms with Gasteiger partial charge in [0.25, 0.3) is 11.8 Å². The zero-order valence-electron chi connectivity index (χ0n) is 12.1. The first-order chi connectivity index (χ1) is 11.5. The van der Waals surface area contributed by atoms with Gasteiger partial charge in [-0.2, -0.15) is 0 Å². The number of hydrogen-bond donors (Lipinski definition) is 1. The van der Waals surface area contributed by atoms with Crippen molar-refractivity contribution < 1.29 is 14.0 Å². The number of carbonyl (C=O) groups excluding carboxylic acids is 2. The molecule has 1 N–H and O–H groups in total. The molecule has 0 aliphatic carbocycles. The number of anilines is 1. The molecule has 0 unspecified atom stereocenters. The molecular formula is C17H10BrFN2O2S. The van der Waals surface area contributed by atoms with E-state index >= 15 is 0 Å². The van der Waals surface area contributed by atoms with Crippen LogP contribution in [0.15, 0.2) is 58.6 Å². The van der Waals surface area contributed by atoms with Crippen LogP contribution in [0, 0.1) is 5.82 Å². The first-order valence-corrected chi connectivity index (χ1v) is 8.09. The second-order valence-electron chi connectivity index (χ2n) is 4.96. The van der Waals surface area contributed by atoms with Crippen molar-refractivity contribution in [3.8, 4) is 0 Å². The van der Waals surface area contributed by atoms with Gasteiger partial charge in [0.15, 0.2) is 5.11 Å². The Hall–Kier alpha value is -2.38. The van der Waals surface area contributed by atoms with E-state index in [0.717, 1.165) is 4.47 Å². The third-order valence-electron chi connectivity index (χ3n) is 3.39. The number of rotatable bonds is 2. The molecule has 1 saturated heterocycles. The van der Waals surface area contributed by atoms with E-state index in [-0.39, 0.29) is 10.7 Å². The van der Waals surface area contributed by atoms with Gasteiger partial charge in [0.1, 0.15) is 11.4 Å². The highest BCUT2D eigenvalue weighted by Crippen LogP contribution is 2.24. The lowest BCUT2D eigenvalue weighted by molar-refractivity contribution is -0.122. The number of thiocarbonyl (C=S) groups is 1. The van der Waals surface area contributed by atoms with Crippen LogP contribution in [0.4, 0.5) is 10.1 Å². The molecule has 2 aromatic carbocycles. The topological polar surface area (TPSA) is 49.4 Å². The molecule has 7 heteroatoms. The van der Waals surface area contributed by atoms with Crippen LogP contribution in [-0.2, 0) is 9.59 Å². The van der Waals surface area contributed by atoms with Gasteiger partial charge < -0.3 is 0 Å². The average Bonchev–Trinajstić information content (AvgIpc) is 2.54. The fourth-order valence-corrected chi connectivity index (χ4v) is 2.91. The van der Waals surface area contributed by atoms with E-state index in [1.807, 2.05) is 6.07 Å². The first kappa shape index (κ1) is 16.5. The predicted molar refractivity (Wildman–Crippen MR) is 96.7 cm³/mol. The summed E-state index contributed by atoms with van der Waals surface area (Å²) >= 11 is 8.46.